The Morgan fingerprint density at radius 1 is 1.50 bits per heavy atom. The van der Waals surface area contributed by atoms with Crippen molar-refractivity contribution in [1.29, 1.82) is 0 Å². The lowest BCUT2D eigenvalue weighted by Crippen LogP contribution is -1.99. The van der Waals surface area contributed by atoms with E-state index in [1.807, 2.05) is 0 Å². The summed E-state index contributed by atoms with van der Waals surface area (Å²) in [5.74, 6) is 0.0975. The fourth-order valence-electron chi connectivity index (χ4n) is 1.03. The quantitative estimate of drug-likeness (QED) is 0.757. The maximum absolute atomic E-state index is 12.6. The predicted octanol–water partition coefficient (Wildman–Crippen LogP) is 3.55. The van der Waals surface area contributed by atoms with Crippen LogP contribution in [-0.2, 0) is 0 Å². The maximum Gasteiger partial charge on any atom is 0.228 e. The van der Waals surface area contributed by atoms with Gasteiger partial charge in [0.15, 0.2) is 0 Å². The van der Waals surface area contributed by atoms with Crippen LogP contribution in [0.15, 0.2) is 16.7 Å². The molecule has 14 heavy (non-hydrogen) atoms. The highest BCUT2D eigenvalue weighted by atomic mass is 79.9. The number of pyridine rings is 1. The number of rotatable bonds is 5. The molecule has 0 aliphatic carbocycles. The highest BCUT2D eigenvalue weighted by Gasteiger charge is 2.03. The van der Waals surface area contributed by atoms with Crippen LogP contribution in [0.3, 0.4) is 0 Å². The van der Waals surface area contributed by atoms with Gasteiger partial charge in [-0.25, -0.2) is 9.37 Å². The molecule has 78 valence electrons. The lowest BCUT2D eigenvalue weighted by atomic mass is 10.3. The minimum atomic E-state index is -0.363. The average molecular weight is 262 g/mol. The van der Waals surface area contributed by atoms with Crippen LogP contribution < -0.4 is 4.74 Å². The van der Waals surface area contributed by atoms with E-state index >= 15 is 0 Å². The molecular formula is C10H13BrFNO. The summed E-state index contributed by atoms with van der Waals surface area (Å²) in [6.07, 6.45) is 4.45. The van der Waals surface area contributed by atoms with Crippen molar-refractivity contribution in [3.8, 4) is 5.88 Å². The number of ether oxygens (including phenoxy) is 1. The molecule has 0 aliphatic rings. The van der Waals surface area contributed by atoms with Gasteiger partial charge in [-0.05, 0) is 28.4 Å². The van der Waals surface area contributed by atoms with E-state index in [1.165, 1.54) is 6.07 Å². The Hall–Kier alpha value is -0.640. The summed E-state index contributed by atoms with van der Waals surface area (Å²) in [6.45, 7) is 2.76. The molecular weight excluding hydrogens is 249 g/mol. The number of nitrogens with zero attached hydrogens (tertiary/aromatic N) is 1. The summed E-state index contributed by atoms with van der Waals surface area (Å²) in [7, 11) is 0. The van der Waals surface area contributed by atoms with Gasteiger partial charge in [0.1, 0.15) is 5.82 Å². The molecule has 0 saturated heterocycles. The summed E-state index contributed by atoms with van der Waals surface area (Å²) < 4.78 is 18.6. The first kappa shape index (κ1) is 11.4. The lowest BCUT2D eigenvalue weighted by Gasteiger charge is -2.05. The van der Waals surface area contributed by atoms with E-state index in [4.69, 9.17) is 4.74 Å². The van der Waals surface area contributed by atoms with E-state index in [1.54, 1.807) is 0 Å². The van der Waals surface area contributed by atoms with Gasteiger partial charge < -0.3 is 4.74 Å². The van der Waals surface area contributed by atoms with Crippen molar-refractivity contribution >= 4 is 15.9 Å². The zero-order valence-electron chi connectivity index (χ0n) is 8.09. The molecule has 0 radical (unpaired) electrons. The molecule has 2 nitrogen and oxygen atoms in total. The number of aromatic nitrogens is 1. The Kier molecular flexibility index (Phi) is 4.87. The third kappa shape index (κ3) is 3.62. The summed E-state index contributed by atoms with van der Waals surface area (Å²) in [5, 5.41) is 0. The second-order valence-electron chi connectivity index (χ2n) is 3.00. The highest BCUT2D eigenvalue weighted by Crippen LogP contribution is 2.22. The molecule has 1 rings (SSSR count). The molecule has 0 fully saturated rings. The van der Waals surface area contributed by atoms with E-state index < -0.39 is 0 Å². The Labute approximate surface area is 91.6 Å². The number of hydrogen-bond donors (Lipinski definition) is 0. The van der Waals surface area contributed by atoms with E-state index in [-0.39, 0.29) is 5.82 Å². The molecule has 0 aliphatic heterocycles. The van der Waals surface area contributed by atoms with Crippen molar-refractivity contribution in [3.63, 3.8) is 0 Å². The topological polar surface area (TPSA) is 22.1 Å². The van der Waals surface area contributed by atoms with E-state index in [9.17, 15) is 4.39 Å². The zero-order chi connectivity index (χ0) is 10.4. The highest BCUT2D eigenvalue weighted by molar-refractivity contribution is 9.10. The minimum absolute atomic E-state index is 0.363. The van der Waals surface area contributed by atoms with Crippen LogP contribution in [0.2, 0.25) is 0 Å². The van der Waals surface area contributed by atoms with Gasteiger partial charge >= 0.3 is 0 Å². The first-order valence-electron chi connectivity index (χ1n) is 4.68. The van der Waals surface area contributed by atoms with Crippen LogP contribution in [0.4, 0.5) is 4.39 Å². The van der Waals surface area contributed by atoms with E-state index in [0.29, 0.717) is 17.0 Å². The van der Waals surface area contributed by atoms with Crippen molar-refractivity contribution in [2.45, 2.75) is 26.2 Å². The summed E-state index contributed by atoms with van der Waals surface area (Å²) >= 11 is 3.19. The van der Waals surface area contributed by atoms with Crippen LogP contribution >= 0.6 is 15.9 Å². The number of halogens is 2. The molecule has 0 spiro atoms. The molecule has 0 bridgehead atoms. The molecule has 4 heteroatoms. The molecule has 1 aromatic heterocycles. The van der Waals surface area contributed by atoms with E-state index in [0.717, 1.165) is 25.5 Å². The Bertz CT molecular complexity index is 293. The molecule has 0 aromatic carbocycles. The van der Waals surface area contributed by atoms with E-state index in [2.05, 4.69) is 27.8 Å². The third-order valence-electron chi connectivity index (χ3n) is 1.76. The zero-order valence-corrected chi connectivity index (χ0v) is 9.68. The van der Waals surface area contributed by atoms with Gasteiger partial charge in [-0.1, -0.05) is 19.8 Å². The van der Waals surface area contributed by atoms with Gasteiger partial charge in [0.2, 0.25) is 5.88 Å². The molecule has 0 N–H and O–H groups in total. The molecule has 1 aromatic rings. The van der Waals surface area contributed by atoms with Gasteiger partial charge in [-0.2, -0.15) is 0 Å². The second kappa shape index (κ2) is 5.96. The number of hydrogen-bond acceptors (Lipinski definition) is 2. The van der Waals surface area contributed by atoms with Crippen LogP contribution in [0.5, 0.6) is 5.88 Å². The van der Waals surface area contributed by atoms with Gasteiger partial charge in [0.05, 0.1) is 17.3 Å². The van der Waals surface area contributed by atoms with Crippen molar-refractivity contribution in [2.24, 2.45) is 0 Å². The maximum atomic E-state index is 12.6. The third-order valence-corrected chi connectivity index (χ3v) is 2.33. The molecule has 0 amide bonds. The Morgan fingerprint density at radius 3 is 2.93 bits per heavy atom. The van der Waals surface area contributed by atoms with Crippen LogP contribution in [0.25, 0.3) is 0 Å². The Balaban J connectivity index is 2.42. The van der Waals surface area contributed by atoms with Crippen molar-refractivity contribution in [1.82, 2.24) is 4.98 Å². The molecule has 0 saturated carbocycles. The summed E-state index contributed by atoms with van der Waals surface area (Å²) in [5.41, 5.74) is 0. The van der Waals surface area contributed by atoms with Crippen LogP contribution in [0.1, 0.15) is 26.2 Å². The second-order valence-corrected chi connectivity index (χ2v) is 3.85. The standard InChI is InChI=1S/C10H13BrFNO/c1-2-3-4-5-14-10-9(11)6-8(12)7-13-10/h6-7H,2-5H2,1H3. The minimum Gasteiger partial charge on any atom is -0.477 e. The van der Waals surface area contributed by atoms with Crippen molar-refractivity contribution in [3.05, 3.63) is 22.6 Å². The SMILES string of the molecule is CCCCCOc1ncc(F)cc1Br. The average Bonchev–Trinajstić information content (AvgIpc) is 2.15. The first-order valence-corrected chi connectivity index (χ1v) is 5.47. The fraction of sp³-hybridized carbons (Fsp3) is 0.500. The van der Waals surface area contributed by atoms with Gasteiger partial charge in [0.25, 0.3) is 0 Å². The van der Waals surface area contributed by atoms with Crippen LogP contribution in [0, 0.1) is 5.82 Å². The van der Waals surface area contributed by atoms with Crippen LogP contribution in [-0.4, -0.2) is 11.6 Å². The normalized spacial score (nSPS) is 10.2. The molecule has 1 heterocycles. The largest absolute Gasteiger partial charge is 0.477 e. The predicted molar refractivity (Wildman–Crippen MR) is 56.9 cm³/mol. The summed E-state index contributed by atoms with van der Waals surface area (Å²) in [6, 6.07) is 1.35. The fourth-order valence-corrected chi connectivity index (χ4v) is 1.46. The van der Waals surface area contributed by atoms with Crippen molar-refractivity contribution < 1.29 is 9.13 Å². The first-order chi connectivity index (χ1) is 6.74. The van der Waals surface area contributed by atoms with Gasteiger partial charge in [0, 0.05) is 0 Å². The van der Waals surface area contributed by atoms with Crippen molar-refractivity contribution in [2.75, 3.05) is 6.61 Å². The smallest absolute Gasteiger partial charge is 0.228 e. The van der Waals surface area contributed by atoms with Gasteiger partial charge in [-0.3, -0.25) is 0 Å². The Morgan fingerprint density at radius 2 is 2.29 bits per heavy atom. The lowest BCUT2D eigenvalue weighted by molar-refractivity contribution is 0.292. The molecule has 0 unspecified atom stereocenters. The number of unbranched alkanes of at least 4 members (excludes halogenated alkanes) is 2. The monoisotopic (exact) mass is 261 g/mol. The van der Waals surface area contributed by atoms with Gasteiger partial charge in [-0.15, -0.1) is 0 Å². The summed E-state index contributed by atoms with van der Waals surface area (Å²) in [4.78, 5) is 3.83. The molecule has 0 atom stereocenters.